The van der Waals surface area contributed by atoms with Crippen molar-refractivity contribution in [2.75, 3.05) is 26.2 Å². The molecule has 1 aliphatic rings. The highest BCUT2D eigenvalue weighted by Gasteiger charge is 2.34. The number of benzene rings is 2. The molecule has 6 nitrogen and oxygen atoms in total. The highest BCUT2D eigenvalue weighted by molar-refractivity contribution is 7.97. The van der Waals surface area contributed by atoms with Crippen molar-refractivity contribution in [3.05, 3.63) is 70.8 Å². The van der Waals surface area contributed by atoms with E-state index < -0.39 is 0 Å². The zero-order valence-electron chi connectivity index (χ0n) is 19.1. The predicted octanol–water partition coefficient (Wildman–Crippen LogP) is 5.07. The Hall–Kier alpha value is -2.87. The maximum absolute atomic E-state index is 13.2. The molecule has 0 fully saturated rings. The van der Waals surface area contributed by atoms with Gasteiger partial charge in [-0.25, -0.2) is 0 Å². The van der Waals surface area contributed by atoms with Gasteiger partial charge < -0.3 is 15.0 Å². The van der Waals surface area contributed by atoms with Crippen LogP contribution in [0.25, 0.3) is 11.3 Å². The summed E-state index contributed by atoms with van der Waals surface area (Å²) < 4.78 is 3.42. The molecule has 0 aliphatic heterocycles. The fourth-order valence-corrected chi connectivity index (χ4v) is 4.92. The second-order valence-corrected chi connectivity index (χ2v) is 9.07. The largest absolute Gasteiger partial charge is 0.494 e. The van der Waals surface area contributed by atoms with Gasteiger partial charge in [0.2, 0.25) is 0 Å². The van der Waals surface area contributed by atoms with Gasteiger partial charge in [0.25, 0.3) is 0 Å². The highest BCUT2D eigenvalue weighted by Crippen LogP contribution is 2.39. The smallest absolute Gasteiger partial charge is 0.199 e. The van der Waals surface area contributed by atoms with Gasteiger partial charge in [-0.3, -0.25) is 14.9 Å². The van der Waals surface area contributed by atoms with Crippen LogP contribution in [0.4, 0.5) is 0 Å². The molecule has 0 unspecified atom stereocenters. The van der Waals surface area contributed by atoms with Crippen LogP contribution >= 0.6 is 11.9 Å². The van der Waals surface area contributed by atoms with Gasteiger partial charge in [0, 0.05) is 22.6 Å². The van der Waals surface area contributed by atoms with E-state index in [4.69, 9.17) is 5.41 Å². The quantitative estimate of drug-likeness (QED) is 0.195. The van der Waals surface area contributed by atoms with Crippen LogP contribution in [0.1, 0.15) is 53.7 Å². The van der Waals surface area contributed by atoms with Gasteiger partial charge in [-0.1, -0.05) is 50.2 Å². The Bertz CT molecular complexity index is 1150. The van der Waals surface area contributed by atoms with E-state index in [0.717, 1.165) is 43.1 Å². The molecular formula is C26H30N4O2S. The summed E-state index contributed by atoms with van der Waals surface area (Å²) in [5.74, 6) is -0.314. The Labute approximate surface area is 199 Å². The molecule has 0 atom stereocenters. The molecule has 1 aliphatic carbocycles. The minimum Gasteiger partial charge on any atom is -0.494 e. The molecule has 0 saturated heterocycles. The molecule has 4 N–H and O–H groups in total. The van der Waals surface area contributed by atoms with Crippen LogP contribution in [0.5, 0.6) is 5.88 Å². The average Bonchev–Trinajstić information content (AvgIpc) is 3.20. The molecule has 33 heavy (non-hydrogen) atoms. The lowest BCUT2D eigenvalue weighted by atomic mass is 9.84. The van der Waals surface area contributed by atoms with Gasteiger partial charge in [0.1, 0.15) is 0 Å². The fourth-order valence-electron chi connectivity index (χ4n) is 4.24. The first kappa shape index (κ1) is 23.3. The first-order chi connectivity index (χ1) is 16.0. The first-order valence-corrected chi connectivity index (χ1v) is 12.3. The Morgan fingerprint density at radius 2 is 1.70 bits per heavy atom. The van der Waals surface area contributed by atoms with Crippen molar-refractivity contribution in [2.45, 2.75) is 31.6 Å². The third-order valence-electron chi connectivity index (χ3n) is 6.13. The van der Waals surface area contributed by atoms with Crippen molar-refractivity contribution in [2.24, 2.45) is 0 Å². The van der Waals surface area contributed by atoms with Crippen molar-refractivity contribution in [1.82, 2.24) is 14.6 Å². The third-order valence-corrected chi connectivity index (χ3v) is 6.99. The molecule has 0 saturated carbocycles. The maximum Gasteiger partial charge on any atom is 0.199 e. The standard InChI is InChI=1S/C26H30N4O2S/c1-3-30(4-2)16-8-7-15-28-33-18-13-11-17(12-14-18)24-22-21(26(32)29-24)23(27)19-9-5-6-10-20(19)25(22)31/h5-6,9-14,27-29,32H,3-4,7-8,15-16H2,1-2H3. The van der Waals surface area contributed by atoms with E-state index >= 15 is 0 Å². The lowest BCUT2D eigenvalue weighted by molar-refractivity contribution is 0.103. The molecule has 0 radical (unpaired) electrons. The van der Waals surface area contributed by atoms with Gasteiger partial charge in [-0.05, 0) is 62.1 Å². The average molecular weight is 463 g/mol. The Morgan fingerprint density at radius 3 is 2.39 bits per heavy atom. The van der Waals surface area contributed by atoms with Crippen LogP contribution in [0.2, 0.25) is 0 Å². The SMILES string of the molecule is CCN(CC)CCCCNSc1ccc(-c2[nH]c(O)c3c2C(=O)c2ccccc2C3=N)cc1. The van der Waals surface area contributed by atoms with Crippen LogP contribution in [-0.4, -0.2) is 52.7 Å². The molecule has 0 bridgehead atoms. The molecule has 0 spiro atoms. The van der Waals surface area contributed by atoms with E-state index in [0.29, 0.717) is 22.4 Å². The summed E-state index contributed by atoms with van der Waals surface area (Å²) >= 11 is 1.60. The van der Waals surface area contributed by atoms with Crippen LogP contribution in [0.15, 0.2) is 53.4 Å². The summed E-state index contributed by atoms with van der Waals surface area (Å²) in [4.78, 5) is 19.6. The summed E-state index contributed by atoms with van der Waals surface area (Å²) in [6, 6.07) is 14.9. The van der Waals surface area contributed by atoms with Gasteiger partial charge in [0.15, 0.2) is 11.7 Å². The van der Waals surface area contributed by atoms with Crippen LogP contribution in [0.3, 0.4) is 0 Å². The van der Waals surface area contributed by atoms with Crippen molar-refractivity contribution in [3.63, 3.8) is 0 Å². The minimum atomic E-state index is -0.173. The lowest BCUT2D eigenvalue weighted by Crippen LogP contribution is -2.24. The molecule has 7 heteroatoms. The molecular weight excluding hydrogens is 432 g/mol. The zero-order chi connectivity index (χ0) is 23.4. The van der Waals surface area contributed by atoms with E-state index in [1.54, 1.807) is 36.2 Å². The molecule has 2 aromatic carbocycles. The van der Waals surface area contributed by atoms with Crippen LogP contribution in [0, 0.1) is 5.41 Å². The maximum atomic E-state index is 13.2. The molecule has 4 rings (SSSR count). The van der Waals surface area contributed by atoms with E-state index in [9.17, 15) is 9.90 Å². The molecule has 172 valence electrons. The third kappa shape index (κ3) is 4.76. The van der Waals surface area contributed by atoms with Gasteiger partial charge in [-0.15, -0.1) is 0 Å². The number of aromatic amines is 1. The zero-order valence-corrected chi connectivity index (χ0v) is 19.9. The Kier molecular flexibility index (Phi) is 7.33. The van der Waals surface area contributed by atoms with Gasteiger partial charge >= 0.3 is 0 Å². The molecule has 0 amide bonds. The number of hydrogen-bond donors (Lipinski definition) is 4. The summed E-state index contributed by atoms with van der Waals surface area (Å²) in [6.45, 7) is 8.69. The second-order valence-electron chi connectivity index (χ2n) is 8.10. The summed E-state index contributed by atoms with van der Waals surface area (Å²) in [5.41, 5.74) is 3.20. The number of unbranched alkanes of at least 4 members (excludes halogenated alkanes) is 1. The van der Waals surface area contributed by atoms with Gasteiger partial charge in [0.05, 0.1) is 22.5 Å². The fraction of sp³-hybridized carbons (Fsp3) is 0.308. The Balaban J connectivity index is 1.42. The molecule has 1 aromatic heterocycles. The lowest BCUT2D eigenvalue weighted by Gasteiger charge is -2.17. The number of ketones is 1. The van der Waals surface area contributed by atoms with Crippen molar-refractivity contribution < 1.29 is 9.90 Å². The van der Waals surface area contributed by atoms with Crippen LogP contribution < -0.4 is 4.72 Å². The molecule has 3 aromatic rings. The summed E-state index contributed by atoms with van der Waals surface area (Å²) in [6.07, 6.45) is 2.31. The number of nitrogens with one attached hydrogen (secondary N) is 3. The van der Waals surface area contributed by atoms with E-state index in [-0.39, 0.29) is 22.9 Å². The van der Waals surface area contributed by atoms with Crippen molar-refractivity contribution in [1.29, 1.82) is 5.41 Å². The number of hydrogen-bond acceptors (Lipinski definition) is 6. The number of H-pyrrole nitrogens is 1. The first-order valence-electron chi connectivity index (χ1n) is 11.5. The van der Waals surface area contributed by atoms with Crippen molar-refractivity contribution in [3.8, 4) is 17.1 Å². The number of rotatable bonds is 10. The van der Waals surface area contributed by atoms with Gasteiger partial charge in [-0.2, -0.15) is 0 Å². The van der Waals surface area contributed by atoms with Crippen molar-refractivity contribution >= 4 is 23.4 Å². The second kappa shape index (κ2) is 10.4. The van der Waals surface area contributed by atoms with Crippen LogP contribution in [-0.2, 0) is 0 Å². The number of aromatic hydroxyl groups is 1. The number of carbonyl (C=O) groups is 1. The number of fused-ring (bicyclic) bond motifs is 2. The normalized spacial score (nSPS) is 12.8. The summed E-state index contributed by atoms with van der Waals surface area (Å²) in [5, 5.41) is 19.0. The van der Waals surface area contributed by atoms with E-state index in [2.05, 4.69) is 28.5 Å². The topological polar surface area (TPSA) is 92.2 Å². The van der Waals surface area contributed by atoms with E-state index in [1.165, 1.54) is 6.42 Å². The Morgan fingerprint density at radius 1 is 1.00 bits per heavy atom. The summed E-state index contributed by atoms with van der Waals surface area (Å²) in [7, 11) is 0. The molecule has 1 heterocycles. The van der Waals surface area contributed by atoms with E-state index in [1.807, 2.05) is 24.3 Å². The monoisotopic (exact) mass is 462 g/mol. The predicted molar refractivity (Wildman–Crippen MR) is 135 cm³/mol. The number of carbonyl (C=O) groups excluding carboxylic acids is 1. The minimum absolute atomic E-state index is 0.141. The highest BCUT2D eigenvalue weighted by atomic mass is 32.2. The number of aromatic nitrogens is 1. The number of nitrogens with zero attached hydrogens (tertiary/aromatic N) is 1.